The van der Waals surface area contributed by atoms with Crippen LogP contribution >= 0.6 is 0 Å². The summed E-state index contributed by atoms with van der Waals surface area (Å²) in [6.45, 7) is 4.66. The van der Waals surface area contributed by atoms with Crippen LogP contribution in [0.1, 0.15) is 26.2 Å². The van der Waals surface area contributed by atoms with E-state index in [-0.39, 0.29) is 12.5 Å². The molecule has 0 aromatic rings. The Morgan fingerprint density at radius 3 is 2.37 bits per heavy atom. The summed E-state index contributed by atoms with van der Waals surface area (Å²) in [5, 5.41) is 6.42. The van der Waals surface area contributed by atoms with Gasteiger partial charge in [0.1, 0.15) is 6.54 Å². The lowest BCUT2D eigenvalue weighted by Crippen LogP contribution is -2.39. The first-order chi connectivity index (χ1) is 9.11. The number of nitrogens with zero attached hydrogens (tertiary/aromatic N) is 2. The smallest absolute Gasteiger partial charge is 0.243 e. The van der Waals surface area contributed by atoms with Crippen LogP contribution in [0.15, 0.2) is 4.99 Å². The number of amides is 1. The summed E-state index contributed by atoms with van der Waals surface area (Å²) in [4.78, 5) is 17.3. The summed E-state index contributed by atoms with van der Waals surface area (Å²) in [5.74, 6) is 0.688. The van der Waals surface area contributed by atoms with Crippen LogP contribution in [0.4, 0.5) is 0 Å². The average molecular weight is 272 g/mol. The number of methoxy groups -OCH3 is 1. The average Bonchev–Trinajstić information content (AvgIpc) is 2.39. The number of unbranched alkanes of at least 4 members (excludes halogenated alkanes) is 1. The molecule has 0 heterocycles. The third kappa shape index (κ3) is 10.3. The SMILES string of the molecule is CCCCNC(=NCC(=O)N(C)C)NCCCOC. The number of guanidine groups is 1. The lowest BCUT2D eigenvalue weighted by molar-refractivity contribution is -0.127. The third-order valence-electron chi connectivity index (χ3n) is 2.51. The molecule has 0 radical (unpaired) electrons. The number of ether oxygens (including phenoxy) is 1. The van der Waals surface area contributed by atoms with Crippen molar-refractivity contribution >= 4 is 11.9 Å². The number of carbonyl (C=O) groups is 1. The molecular weight excluding hydrogens is 244 g/mol. The van der Waals surface area contributed by atoms with Gasteiger partial charge in [-0.15, -0.1) is 0 Å². The maximum absolute atomic E-state index is 11.5. The van der Waals surface area contributed by atoms with E-state index >= 15 is 0 Å². The Balaban J connectivity index is 4.14. The largest absolute Gasteiger partial charge is 0.385 e. The molecule has 2 N–H and O–H groups in total. The van der Waals surface area contributed by atoms with Crippen molar-refractivity contribution in [3.8, 4) is 0 Å². The zero-order valence-corrected chi connectivity index (χ0v) is 12.7. The van der Waals surface area contributed by atoms with E-state index in [9.17, 15) is 4.79 Å². The molecule has 0 aliphatic rings. The number of hydrogen-bond donors (Lipinski definition) is 2. The second-order valence-corrected chi connectivity index (χ2v) is 4.51. The van der Waals surface area contributed by atoms with Gasteiger partial charge in [-0.1, -0.05) is 13.3 Å². The van der Waals surface area contributed by atoms with E-state index in [2.05, 4.69) is 22.5 Å². The van der Waals surface area contributed by atoms with Crippen LogP contribution in [0, 0.1) is 0 Å². The van der Waals surface area contributed by atoms with Crippen molar-refractivity contribution < 1.29 is 9.53 Å². The van der Waals surface area contributed by atoms with E-state index < -0.39 is 0 Å². The summed E-state index contributed by atoms with van der Waals surface area (Å²) in [6.07, 6.45) is 3.12. The van der Waals surface area contributed by atoms with E-state index in [1.54, 1.807) is 21.2 Å². The van der Waals surface area contributed by atoms with E-state index in [1.165, 1.54) is 4.90 Å². The molecule has 0 fully saturated rings. The number of carbonyl (C=O) groups excluding carboxylic acids is 1. The summed E-state index contributed by atoms with van der Waals surface area (Å²) in [6, 6.07) is 0. The molecule has 6 nitrogen and oxygen atoms in total. The van der Waals surface area contributed by atoms with Crippen molar-refractivity contribution in [3.63, 3.8) is 0 Å². The maximum Gasteiger partial charge on any atom is 0.243 e. The number of rotatable bonds is 9. The number of likely N-dealkylation sites (N-methyl/N-ethyl adjacent to an activating group) is 1. The summed E-state index contributed by atoms with van der Waals surface area (Å²) in [5.41, 5.74) is 0. The molecule has 0 unspecified atom stereocenters. The van der Waals surface area contributed by atoms with E-state index in [0.717, 1.165) is 32.4 Å². The van der Waals surface area contributed by atoms with Gasteiger partial charge in [-0.25, -0.2) is 4.99 Å². The molecule has 19 heavy (non-hydrogen) atoms. The highest BCUT2D eigenvalue weighted by molar-refractivity contribution is 5.84. The minimum absolute atomic E-state index is 0.00603. The van der Waals surface area contributed by atoms with Crippen LogP contribution < -0.4 is 10.6 Å². The molecule has 0 aromatic carbocycles. The Morgan fingerprint density at radius 2 is 1.84 bits per heavy atom. The molecule has 0 rings (SSSR count). The number of nitrogens with one attached hydrogen (secondary N) is 2. The summed E-state index contributed by atoms with van der Waals surface area (Å²) >= 11 is 0. The van der Waals surface area contributed by atoms with Gasteiger partial charge in [-0.3, -0.25) is 4.79 Å². The first kappa shape index (κ1) is 17.7. The highest BCUT2D eigenvalue weighted by atomic mass is 16.5. The first-order valence-corrected chi connectivity index (χ1v) is 6.83. The quantitative estimate of drug-likeness (QED) is 0.363. The Labute approximate surface area is 116 Å². The van der Waals surface area contributed by atoms with Crippen LogP contribution in [0.5, 0.6) is 0 Å². The van der Waals surface area contributed by atoms with E-state index in [0.29, 0.717) is 12.6 Å². The minimum Gasteiger partial charge on any atom is -0.385 e. The molecule has 0 aromatic heterocycles. The Morgan fingerprint density at radius 1 is 1.21 bits per heavy atom. The van der Waals surface area contributed by atoms with Crippen molar-refractivity contribution in [3.05, 3.63) is 0 Å². The fraction of sp³-hybridized carbons (Fsp3) is 0.846. The fourth-order valence-corrected chi connectivity index (χ4v) is 1.27. The monoisotopic (exact) mass is 272 g/mol. The Hall–Kier alpha value is -1.30. The van der Waals surface area contributed by atoms with Gasteiger partial charge in [0.2, 0.25) is 5.91 Å². The standard InChI is InChI=1S/C13H28N4O2/c1-5-6-8-14-13(15-9-7-10-19-4)16-11-12(18)17(2)3/h5-11H2,1-4H3,(H2,14,15,16). The Bertz CT molecular complexity index is 267. The molecule has 112 valence electrons. The second kappa shape index (κ2) is 11.8. The second-order valence-electron chi connectivity index (χ2n) is 4.51. The third-order valence-corrected chi connectivity index (χ3v) is 2.51. The molecule has 0 atom stereocenters. The van der Waals surface area contributed by atoms with Crippen LogP contribution in [-0.2, 0) is 9.53 Å². The van der Waals surface area contributed by atoms with Crippen LogP contribution in [0.25, 0.3) is 0 Å². The van der Waals surface area contributed by atoms with Crippen molar-refractivity contribution in [1.82, 2.24) is 15.5 Å². The highest BCUT2D eigenvalue weighted by Gasteiger charge is 2.03. The van der Waals surface area contributed by atoms with Gasteiger partial charge in [-0.2, -0.15) is 0 Å². The minimum atomic E-state index is -0.00603. The zero-order valence-electron chi connectivity index (χ0n) is 12.7. The molecular formula is C13H28N4O2. The van der Waals surface area contributed by atoms with Crippen molar-refractivity contribution in [2.45, 2.75) is 26.2 Å². The molecule has 0 saturated heterocycles. The topological polar surface area (TPSA) is 66.0 Å². The van der Waals surface area contributed by atoms with Gasteiger partial charge in [0, 0.05) is 40.9 Å². The summed E-state index contributed by atoms with van der Waals surface area (Å²) in [7, 11) is 5.15. The van der Waals surface area contributed by atoms with E-state index in [4.69, 9.17) is 4.74 Å². The Kier molecular flexibility index (Phi) is 11.0. The van der Waals surface area contributed by atoms with Gasteiger partial charge >= 0.3 is 0 Å². The van der Waals surface area contributed by atoms with Crippen molar-refractivity contribution in [2.75, 3.05) is 47.4 Å². The highest BCUT2D eigenvalue weighted by Crippen LogP contribution is 1.85. The maximum atomic E-state index is 11.5. The number of aliphatic imine (C=N–C) groups is 1. The molecule has 0 aliphatic carbocycles. The molecule has 6 heteroatoms. The van der Waals surface area contributed by atoms with E-state index in [1.807, 2.05) is 0 Å². The van der Waals surface area contributed by atoms with Crippen LogP contribution in [0.3, 0.4) is 0 Å². The predicted molar refractivity (Wildman–Crippen MR) is 78.4 cm³/mol. The number of hydrogen-bond acceptors (Lipinski definition) is 3. The molecule has 0 saturated carbocycles. The summed E-state index contributed by atoms with van der Waals surface area (Å²) < 4.78 is 4.99. The first-order valence-electron chi connectivity index (χ1n) is 6.83. The van der Waals surface area contributed by atoms with Crippen LogP contribution in [0.2, 0.25) is 0 Å². The lowest BCUT2D eigenvalue weighted by Gasteiger charge is -2.13. The molecule has 0 aliphatic heterocycles. The normalized spacial score (nSPS) is 11.3. The lowest BCUT2D eigenvalue weighted by atomic mass is 10.3. The van der Waals surface area contributed by atoms with Gasteiger partial charge in [0.15, 0.2) is 5.96 Å². The van der Waals surface area contributed by atoms with Gasteiger partial charge in [0.05, 0.1) is 0 Å². The van der Waals surface area contributed by atoms with Gasteiger partial charge in [0.25, 0.3) is 0 Å². The van der Waals surface area contributed by atoms with Gasteiger partial charge in [-0.05, 0) is 12.8 Å². The van der Waals surface area contributed by atoms with Crippen molar-refractivity contribution in [1.29, 1.82) is 0 Å². The zero-order chi connectivity index (χ0) is 14.5. The molecule has 1 amide bonds. The van der Waals surface area contributed by atoms with Gasteiger partial charge < -0.3 is 20.3 Å². The molecule has 0 spiro atoms. The predicted octanol–water partition coefficient (Wildman–Crippen LogP) is 0.446. The molecule has 0 bridgehead atoms. The van der Waals surface area contributed by atoms with Crippen molar-refractivity contribution in [2.24, 2.45) is 4.99 Å². The van der Waals surface area contributed by atoms with Crippen LogP contribution in [-0.4, -0.2) is 64.2 Å². The fourth-order valence-electron chi connectivity index (χ4n) is 1.27.